The van der Waals surface area contributed by atoms with Crippen molar-refractivity contribution in [1.82, 2.24) is 0 Å². The molecule has 1 heterocycles. The van der Waals surface area contributed by atoms with Gasteiger partial charge in [0.2, 0.25) is 0 Å². The van der Waals surface area contributed by atoms with E-state index < -0.39 is 0 Å². The molecule has 0 aromatic rings. The van der Waals surface area contributed by atoms with Crippen LogP contribution in [0.2, 0.25) is 0 Å². The molecule has 0 atom stereocenters. The smallest absolute Gasteiger partial charge is 0.172 e. The summed E-state index contributed by atoms with van der Waals surface area (Å²) in [5, 5.41) is 0.849. The molecule has 1 saturated carbocycles. The molecule has 1 aliphatic heterocycles. The zero-order valence-corrected chi connectivity index (χ0v) is 11.8. The van der Waals surface area contributed by atoms with E-state index in [0.717, 1.165) is 24.6 Å². The number of nitrogens with two attached hydrogens (primary N) is 1. The number of rotatable bonds is 4. The Labute approximate surface area is 111 Å². The summed E-state index contributed by atoms with van der Waals surface area (Å²) in [6, 6.07) is 0. The van der Waals surface area contributed by atoms with Gasteiger partial charge in [0.25, 0.3) is 0 Å². The standard InChI is InChI=1S/C13H20BrNO2/c1-2-4-11(5-3-6-14)12(15)9-13(10-12)16-7-8-17-13/h3-5H,2,6-10,15H2,1H3/b5-3-,11-4+. The lowest BCUT2D eigenvalue weighted by Crippen LogP contribution is -2.63. The Kier molecular flexibility index (Phi) is 4.08. The van der Waals surface area contributed by atoms with Crippen LogP contribution >= 0.6 is 15.9 Å². The predicted octanol–water partition coefficient (Wildman–Crippen LogP) is 2.51. The van der Waals surface area contributed by atoms with E-state index in [1.54, 1.807) is 0 Å². The zero-order valence-electron chi connectivity index (χ0n) is 10.2. The van der Waals surface area contributed by atoms with Crippen LogP contribution in [0.25, 0.3) is 0 Å². The van der Waals surface area contributed by atoms with E-state index >= 15 is 0 Å². The minimum Gasteiger partial charge on any atom is -0.347 e. The average Bonchev–Trinajstić information content (AvgIpc) is 2.72. The minimum atomic E-state index is -0.385. The Balaban J connectivity index is 2.05. The van der Waals surface area contributed by atoms with Crippen LogP contribution in [-0.2, 0) is 9.47 Å². The molecule has 0 unspecified atom stereocenters. The first-order valence-electron chi connectivity index (χ1n) is 6.14. The van der Waals surface area contributed by atoms with Gasteiger partial charge in [-0.05, 0) is 12.0 Å². The summed E-state index contributed by atoms with van der Waals surface area (Å²) in [5.41, 5.74) is 7.35. The molecular formula is C13H20BrNO2. The maximum atomic E-state index is 6.43. The van der Waals surface area contributed by atoms with Crippen molar-refractivity contribution in [2.24, 2.45) is 5.73 Å². The highest BCUT2D eigenvalue weighted by Gasteiger charge is 2.57. The van der Waals surface area contributed by atoms with Crippen LogP contribution in [0.4, 0.5) is 0 Å². The fourth-order valence-electron chi connectivity index (χ4n) is 2.64. The molecule has 0 aromatic carbocycles. The van der Waals surface area contributed by atoms with Crippen molar-refractivity contribution in [2.75, 3.05) is 18.5 Å². The Bertz CT molecular complexity index is 324. The number of alkyl halides is 1. The van der Waals surface area contributed by atoms with Crippen molar-refractivity contribution in [3.05, 3.63) is 23.8 Å². The van der Waals surface area contributed by atoms with Crippen molar-refractivity contribution >= 4 is 15.9 Å². The topological polar surface area (TPSA) is 44.5 Å². The number of hydrogen-bond donors (Lipinski definition) is 1. The molecule has 1 saturated heterocycles. The molecule has 1 spiro atoms. The lowest BCUT2D eigenvalue weighted by atomic mass is 9.67. The molecule has 17 heavy (non-hydrogen) atoms. The molecule has 2 rings (SSSR count). The molecule has 3 nitrogen and oxygen atoms in total. The SMILES string of the molecule is CC/C=C(\C=C/CBr)C1(N)CC2(C1)OCCO2. The van der Waals surface area contributed by atoms with Gasteiger partial charge in [0.1, 0.15) is 0 Å². The van der Waals surface area contributed by atoms with Gasteiger partial charge in [-0.3, -0.25) is 0 Å². The average molecular weight is 302 g/mol. The first-order chi connectivity index (χ1) is 8.14. The largest absolute Gasteiger partial charge is 0.347 e. The number of ether oxygens (including phenoxy) is 2. The lowest BCUT2D eigenvalue weighted by molar-refractivity contribution is -0.229. The van der Waals surface area contributed by atoms with Gasteiger partial charge in [0.15, 0.2) is 5.79 Å². The third-order valence-electron chi connectivity index (χ3n) is 3.37. The van der Waals surface area contributed by atoms with Crippen LogP contribution < -0.4 is 5.73 Å². The molecule has 1 aliphatic carbocycles. The minimum absolute atomic E-state index is 0.279. The molecule has 0 amide bonds. The molecule has 2 N–H and O–H groups in total. The summed E-state index contributed by atoms with van der Waals surface area (Å²) in [6.07, 6.45) is 8.91. The third-order valence-corrected chi connectivity index (χ3v) is 3.74. The highest BCUT2D eigenvalue weighted by molar-refractivity contribution is 9.09. The van der Waals surface area contributed by atoms with E-state index in [1.165, 1.54) is 5.57 Å². The van der Waals surface area contributed by atoms with Crippen molar-refractivity contribution in [1.29, 1.82) is 0 Å². The van der Waals surface area contributed by atoms with Gasteiger partial charge in [-0.2, -0.15) is 0 Å². The monoisotopic (exact) mass is 301 g/mol. The van der Waals surface area contributed by atoms with E-state index in [2.05, 4.69) is 41.1 Å². The van der Waals surface area contributed by atoms with Crippen LogP contribution in [0.5, 0.6) is 0 Å². The van der Waals surface area contributed by atoms with E-state index in [1.807, 2.05) is 0 Å². The fraction of sp³-hybridized carbons (Fsp3) is 0.692. The van der Waals surface area contributed by atoms with Crippen molar-refractivity contribution < 1.29 is 9.47 Å². The summed E-state index contributed by atoms with van der Waals surface area (Å²) in [4.78, 5) is 0. The molecule has 96 valence electrons. The van der Waals surface area contributed by atoms with Crippen molar-refractivity contribution in [2.45, 2.75) is 37.5 Å². The number of hydrogen-bond acceptors (Lipinski definition) is 3. The molecule has 0 radical (unpaired) electrons. The Hall–Kier alpha value is -0.160. The third kappa shape index (κ3) is 2.65. The zero-order chi connectivity index (χ0) is 12.4. The van der Waals surface area contributed by atoms with Crippen LogP contribution in [-0.4, -0.2) is 29.9 Å². The van der Waals surface area contributed by atoms with Crippen LogP contribution in [0.15, 0.2) is 23.8 Å². The second kappa shape index (κ2) is 5.22. The highest BCUT2D eigenvalue weighted by atomic mass is 79.9. The van der Waals surface area contributed by atoms with Crippen molar-refractivity contribution in [3.63, 3.8) is 0 Å². The second-order valence-corrected chi connectivity index (χ2v) is 5.39. The van der Waals surface area contributed by atoms with Gasteiger partial charge in [-0.1, -0.05) is 41.1 Å². The Morgan fingerprint density at radius 3 is 2.53 bits per heavy atom. The number of halogens is 1. The fourth-order valence-corrected chi connectivity index (χ4v) is 2.83. The van der Waals surface area contributed by atoms with Crippen LogP contribution in [0.3, 0.4) is 0 Å². The molecular weight excluding hydrogens is 282 g/mol. The highest BCUT2D eigenvalue weighted by Crippen LogP contribution is 2.49. The normalized spacial score (nSPS) is 26.6. The summed E-state index contributed by atoms with van der Waals surface area (Å²) in [7, 11) is 0. The Morgan fingerprint density at radius 1 is 1.35 bits per heavy atom. The van der Waals surface area contributed by atoms with Gasteiger partial charge in [0.05, 0.1) is 18.8 Å². The molecule has 2 aliphatic rings. The van der Waals surface area contributed by atoms with Crippen LogP contribution in [0, 0.1) is 0 Å². The van der Waals surface area contributed by atoms with Gasteiger partial charge >= 0.3 is 0 Å². The maximum absolute atomic E-state index is 6.43. The maximum Gasteiger partial charge on any atom is 0.172 e. The quantitative estimate of drug-likeness (QED) is 0.641. The van der Waals surface area contributed by atoms with E-state index in [0.29, 0.717) is 13.2 Å². The van der Waals surface area contributed by atoms with E-state index in [9.17, 15) is 0 Å². The summed E-state index contributed by atoms with van der Waals surface area (Å²) in [6.45, 7) is 3.52. The van der Waals surface area contributed by atoms with Gasteiger partial charge in [-0.15, -0.1) is 0 Å². The summed E-state index contributed by atoms with van der Waals surface area (Å²) < 4.78 is 11.3. The van der Waals surface area contributed by atoms with Gasteiger partial charge in [-0.25, -0.2) is 0 Å². The number of allylic oxidation sites excluding steroid dienone is 2. The molecule has 4 heteroatoms. The Morgan fingerprint density at radius 2 is 2.00 bits per heavy atom. The molecule has 2 fully saturated rings. The van der Waals surface area contributed by atoms with Gasteiger partial charge < -0.3 is 15.2 Å². The lowest BCUT2D eigenvalue weighted by Gasteiger charge is -2.51. The van der Waals surface area contributed by atoms with E-state index in [4.69, 9.17) is 15.2 Å². The van der Waals surface area contributed by atoms with Crippen molar-refractivity contribution in [3.8, 4) is 0 Å². The van der Waals surface area contributed by atoms with Crippen LogP contribution in [0.1, 0.15) is 26.2 Å². The summed E-state index contributed by atoms with van der Waals surface area (Å²) >= 11 is 3.39. The van der Waals surface area contributed by atoms with E-state index in [-0.39, 0.29) is 11.3 Å². The molecule has 0 bridgehead atoms. The second-order valence-electron chi connectivity index (χ2n) is 4.74. The van der Waals surface area contributed by atoms with Gasteiger partial charge in [0, 0.05) is 18.2 Å². The summed E-state index contributed by atoms with van der Waals surface area (Å²) in [5.74, 6) is -0.385. The first kappa shape index (κ1) is 13.3. The molecule has 0 aromatic heterocycles. The first-order valence-corrected chi connectivity index (χ1v) is 7.26. The predicted molar refractivity (Wildman–Crippen MR) is 72.1 cm³/mol.